The summed E-state index contributed by atoms with van der Waals surface area (Å²) in [6.45, 7) is 2.34. The number of urea groups is 1. The third-order valence-electron chi connectivity index (χ3n) is 3.04. The van der Waals surface area contributed by atoms with Gasteiger partial charge < -0.3 is 19.9 Å². The Kier molecular flexibility index (Phi) is 5.71. The molecule has 2 N–H and O–H groups in total. The second kappa shape index (κ2) is 7.06. The van der Waals surface area contributed by atoms with Gasteiger partial charge in [-0.25, -0.2) is 4.79 Å². The lowest BCUT2D eigenvalue weighted by molar-refractivity contribution is 0.187. The number of aliphatic hydroxyl groups excluding tert-OH is 1. The highest BCUT2D eigenvalue weighted by molar-refractivity contribution is 5.74. The van der Waals surface area contributed by atoms with Crippen LogP contribution in [-0.2, 0) is 13.5 Å². The van der Waals surface area contributed by atoms with E-state index in [2.05, 4.69) is 16.0 Å². The van der Waals surface area contributed by atoms with Crippen LogP contribution in [0.15, 0.2) is 18.3 Å². The highest BCUT2D eigenvalue weighted by Crippen LogP contribution is 2.05. The van der Waals surface area contributed by atoms with E-state index in [0.29, 0.717) is 6.54 Å². The smallest absolute Gasteiger partial charge is 0.317 e. The maximum absolute atomic E-state index is 11.7. The molecule has 2 amide bonds. The zero-order valence-corrected chi connectivity index (χ0v) is 11.4. The number of rotatable bonds is 6. The second-order valence-corrected chi connectivity index (χ2v) is 4.64. The van der Waals surface area contributed by atoms with Crippen LogP contribution in [0.4, 0.5) is 4.79 Å². The van der Waals surface area contributed by atoms with Crippen LogP contribution in [0.5, 0.6) is 0 Å². The predicted molar refractivity (Wildman–Crippen MR) is 71.4 cm³/mol. The van der Waals surface area contributed by atoms with Crippen LogP contribution < -0.4 is 5.32 Å². The van der Waals surface area contributed by atoms with Crippen LogP contribution >= 0.6 is 0 Å². The van der Waals surface area contributed by atoms with Gasteiger partial charge in [-0.1, -0.05) is 0 Å². The van der Waals surface area contributed by atoms with E-state index in [1.807, 2.05) is 26.2 Å². The number of nitrogens with zero attached hydrogens (tertiary/aromatic N) is 2. The molecule has 0 aliphatic rings. The van der Waals surface area contributed by atoms with E-state index >= 15 is 0 Å². The largest absolute Gasteiger partial charge is 0.395 e. The molecule has 18 heavy (non-hydrogen) atoms. The molecule has 1 unspecified atom stereocenters. The number of carbonyl (C=O) groups is 1. The first-order chi connectivity index (χ1) is 8.54. The van der Waals surface area contributed by atoms with Crippen LogP contribution in [0.25, 0.3) is 0 Å². The first kappa shape index (κ1) is 14.6. The van der Waals surface area contributed by atoms with Gasteiger partial charge in [-0.2, -0.15) is 0 Å². The van der Waals surface area contributed by atoms with Gasteiger partial charge in [-0.3, -0.25) is 0 Å². The fraction of sp³-hybridized carbons (Fsp3) is 0.615. The van der Waals surface area contributed by atoms with Crippen molar-refractivity contribution in [1.29, 1.82) is 0 Å². The number of aryl methyl sites for hydroxylation is 2. The van der Waals surface area contributed by atoms with Crippen molar-refractivity contribution in [1.82, 2.24) is 14.8 Å². The minimum atomic E-state index is -0.136. The molecule has 102 valence electrons. The quantitative estimate of drug-likeness (QED) is 0.794. The summed E-state index contributed by atoms with van der Waals surface area (Å²) in [5.74, 6) is 0. The summed E-state index contributed by atoms with van der Waals surface area (Å²) in [5, 5.41) is 11.7. The highest BCUT2D eigenvalue weighted by atomic mass is 16.3. The Labute approximate surface area is 108 Å². The average Bonchev–Trinajstić information content (AvgIpc) is 2.72. The van der Waals surface area contributed by atoms with Gasteiger partial charge in [-0.15, -0.1) is 0 Å². The maximum atomic E-state index is 11.7. The number of nitrogens with one attached hydrogen (secondary N) is 1. The SMILES string of the molecule is CC(CCc1cccn1C)NC(=O)N(C)CCO. The van der Waals surface area contributed by atoms with Crippen LogP contribution in [0.3, 0.4) is 0 Å². The molecule has 0 fully saturated rings. The molecule has 5 heteroatoms. The molecule has 0 aromatic carbocycles. The molecule has 0 aliphatic carbocycles. The summed E-state index contributed by atoms with van der Waals surface area (Å²) in [5.41, 5.74) is 1.26. The predicted octanol–water partition coefficient (Wildman–Crippen LogP) is 0.980. The van der Waals surface area contributed by atoms with E-state index < -0.39 is 0 Å². The molecule has 5 nitrogen and oxygen atoms in total. The minimum Gasteiger partial charge on any atom is -0.395 e. The van der Waals surface area contributed by atoms with E-state index in [1.165, 1.54) is 10.6 Å². The van der Waals surface area contributed by atoms with Crippen LogP contribution in [-0.4, -0.2) is 46.8 Å². The summed E-state index contributed by atoms with van der Waals surface area (Å²) in [6.07, 6.45) is 3.86. The molecule has 1 rings (SSSR count). The fourth-order valence-electron chi connectivity index (χ4n) is 1.77. The summed E-state index contributed by atoms with van der Waals surface area (Å²) in [6, 6.07) is 4.09. The zero-order chi connectivity index (χ0) is 13.5. The van der Waals surface area contributed by atoms with Crippen molar-refractivity contribution in [3.63, 3.8) is 0 Å². The van der Waals surface area contributed by atoms with Crippen molar-refractivity contribution in [2.45, 2.75) is 25.8 Å². The van der Waals surface area contributed by atoms with Gasteiger partial charge in [0.05, 0.1) is 6.61 Å². The Morgan fingerprint density at radius 1 is 1.61 bits per heavy atom. The lowest BCUT2D eigenvalue weighted by atomic mass is 10.1. The van der Waals surface area contributed by atoms with Gasteiger partial charge in [0, 0.05) is 38.6 Å². The molecule has 1 heterocycles. The van der Waals surface area contributed by atoms with Crippen LogP contribution in [0.2, 0.25) is 0 Å². The van der Waals surface area contributed by atoms with E-state index in [9.17, 15) is 4.79 Å². The Balaban J connectivity index is 2.31. The first-order valence-corrected chi connectivity index (χ1v) is 6.27. The third kappa shape index (κ3) is 4.41. The number of likely N-dealkylation sites (N-methyl/N-ethyl adjacent to an activating group) is 1. The van der Waals surface area contributed by atoms with Crippen molar-refractivity contribution in [3.8, 4) is 0 Å². The van der Waals surface area contributed by atoms with Crippen LogP contribution in [0.1, 0.15) is 19.0 Å². The molecule has 1 aromatic rings. The molecular formula is C13H23N3O2. The maximum Gasteiger partial charge on any atom is 0.317 e. The third-order valence-corrected chi connectivity index (χ3v) is 3.04. The van der Waals surface area contributed by atoms with Gasteiger partial charge in [0.2, 0.25) is 0 Å². The molecule has 0 bridgehead atoms. The molecule has 0 saturated carbocycles. The first-order valence-electron chi connectivity index (χ1n) is 6.27. The van der Waals surface area contributed by atoms with Gasteiger partial charge in [0.25, 0.3) is 0 Å². The lowest BCUT2D eigenvalue weighted by Gasteiger charge is -2.20. The topological polar surface area (TPSA) is 57.5 Å². The fourth-order valence-corrected chi connectivity index (χ4v) is 1.77. The minimum absolute atomic E-state index is 0.0123. The van der Waals surface area contributed by atoms with Crippen molar-refractivity contribution >= 4 is 6.03 Å². The van der Waals surface area contributed by atoms with Crippen molar-refractivity contribution in [2.24, 2.45) is 7.05 Å². The standard InChI is InChI=1S/C13H23N3O2/c1-11(14-13(18)16(3)9-10-17)6-7-12-5-4-8-15(12)2/h4-5,8,11,17H,6-7,9-10H2,1-3H3,(H,14,18). The number of amides is 2. The molecule has 0 spiro atoms. The molecule has 0 radical (unpaired) electrons. The zero-order valence-electron chi connectivity index (χ0n) is 11.4. The highest BCUT2D eigenvalue weighted by Gasteiger charge is 2.11. The Hall–Kier alpha value is -1.49. The van der Waals surface area contributed by atoms with Crippen molar-refractivity contribution in [2.75, 3.05) is 20.2 Å². The van der Waals surface area contributed by atoms with E-state index in [4.69, 9.17) is 5.11 Å². The van der Waals surface area contributed by atoms with Gasteiger partial charge in [0.15, 0.2) is 0 Å². The van der Waals surface area contributed by atoms with E-state index in [-0.39, 0.29) is 18.7 Å². The Morgan fingerprint density at radius 2 is 2.33 bits per heavy atom. The monoisotopic (exact) mass is 253 g/mol. The number of carbonyl (C=O) groups excluding carboxylic acids is 1. The lowest BCUT2D eigenvalue weighted by Crippen LogP contribution is -2.43. The second-order valence-electron chi connectivity index (χ2n) is 4.64. The summed E-state index contributed by atoms with van der Waals surface area (Å²) in [4.78, 5) is 13.2. The number of hydrogen-bond donors (Lipinski definition) is 2. The van der Waals surface area contributed by atoms with Crippen molar-refractivity contribution in [3.05, 3.63) is 24.0 Å². The average molecular weight is 253 g/mol. The number of aliphatic hydroxyl groups is 1. The summed E-state index contributed by atoms with van der Waals surface area (Å²) < 4.78 is 2.09. The molecule has 0 aliphatic heterocycles. The van der Waals surface area contributed by atoms with Gasteiger partial charge in [-0.05, 0) is 31.9 Å². The van der Waals surface area contributed by atoms with Crippen molar-refractivity contribution < 1.29 is 9.90 Å². The number of aromatic nitrogens is 1. The molecular weight excluding hydrogens is 230 g/mol. The van der Waals surface area contributed by atoms with E-state index in [1.54, 1.807) is 7.05 Å². The Morgan fingerprint density at radius 3 is 2.89 bits per heavy atom. The molecule has 0 saturated heterocycles. The number of hydrogen-bond acceptors (Lipinski definition) is 2. The Bertz CT molecular complexity index is 376. The summed E-state index contributed by atoms with van der Waals surface area (Å²) >= 11 is 0. The van der Waals surface area contributed by atoms with E-state index in [0.717, 1.165) is 12.8 Å². The van der Waals surface area contributed by atoms with Gasteiger partial charge >= 0.3 is 6.03 Å². The van der Waals surface area contributed by atoms with Gasteiger partial charge in [0.1, 0.15) is 0 Å². The normalized spacial score (nSPS) is 12.2. The molecule has 1 aromatic heterocycles. The molecule has 1 atom stereocenters. The van der Waals surface area contributed by atoms with Crippen LogP contribution in [0, 0.1) is 0 Å². The summed E-state index contributed by atoms with van der Waals surface area (Å²) in [7, 11) is 3.70.